The minimum Gasteiger partial charge on any atom is -0.352 e. The molecule has 0 bridgehead atoms. The van der Waals surface area contributed by atoms with Crippen molar-refractivity contribution in [2.45, 2.75) is 64.6 Å². The van der Waals surface area contributed by atoms with Crippen LogP contribution in [0, 0.1) is 0 Å². The highest BCUT2D eigenvalue weighted by Crippen LogP contribution is 2.25. The molecule has 1 fully saturated rings. The number of likely N-dealkylation sites (N-methyl/N-ethyl adjacent to an activating group) is 1. The van der Waals surface area contributed by atoms with Gasteiger partial charge in [0, 0.05) is 50.3 Å². The van der Waals surface area contributed by atoms with Gasteiger partial charge < -0.3 is 9.47 Å². The van der Waals surface area contributed by atoms with Gasteiger partial charge in [0.25, 0.3) is 0 Å². The molecule has 3 aromatic rings. The third kappa shape index (κ3) is 3.29. The van der Waals surface area contributed by atoms with E-state index < -0.39 is 0 Å². The number of nitrogens with zero attached hydrogens (tertiary/aromatic N) is 8. The summed E-state index contributed by atoms with van der Waals surface area (Å²) in [6.45, 7) is 10.5. The van der Waals surface area contributed by atoms with Crippen LogP contribution in [-0.2, 0) is 24.9 Å². The zero-order valence-electron chi connectivity index (χ0n) is 17.8. The van der Waals surface area contributed by atoms with Crippen molar-refractivity contribution in [2.75, 3.05) is 25.0 Å². The van der Waals surface area contributed by atoms with Crippen molar-refractivity contribution in [2.24, 2.45) is 0 Å². The lowest BCUT2D eigenvalue weighted by atomic mass is 9.96. The van der Waals surface area contributed by atoms with E-state index in [-0.39, 0.29) is 5.41 Å². The standard InChI is InChI=1S/C21H30N8/c1-21(2,3)20-24-23-18-8-9-19(25-29(18)20)27-13-16(14-27)26(4)12-15-11-22-17-7-5-6-10-28(15)17/h8-9,11,16H,5-7,10,12-14H2,1-4H3. The first-order valence-corrected chi connectivity index (χ1v) is 10.6. The molecule has 8 heteroatoms. The summed E-state index contributed by atoms with van der Waals surface area (Å²) in [5, 5.41) is 13.4. The lowest BCUT2D eigenvalue weighted by molar-refractivity contribution is 0.191. The molecule has 8 nitrogen and oxygen atoms in total. The van der Waals surface area contributed by atoms with Gasteiger partial charge in [-0.15, -0.1) is 15.3 Å². The summed E-state index contributed by atoms with van der Waals surface area (Å²) >= 11 is 0. The second-order valence-corrected chi connectivity index (χ2v) is 9.48. The summed E-state index contributed by atoms with van der Waals surface area (Å²) in [6.07, 6.45) is 5.73. The lowest BCUT2D eigenvalue weighted by Gasteiger charge is -2.44. The monoisotopic (exact) mass is 394 g/mol. The van der Waals surface area contributed by atoms with E-state index in [2.05, 4.69) is 69.6 Å². The second kappa shape index (κ2) is 6.79. The quantitative estimate of drug-likeness (QED) is 0.676. The number of hydrogen-bond acceptors (Lipinski definition) is 6. The fourth-order valence-electron chi connectivity index (χ4n) is 4.33. The number of aryl methyl sites for hydroxylation is 1. The Morgan fingerprint density at radius 1 is 1.14 bits per heavy atom. The topological polar surface area (TPSA) is 67.4 Å². The van der Waals surface area contributed by atoms with Crippen LogP contribution in [0.4, 0.5) is 5.82 Å². The van der Waals surface area contributed by atoms with Crippen molar-refractivity contribution in [1.29, 1.82) is 0 Å². The molecule has 5 rings (SSSR count). The normalized spacial score (nSPS) is 17.8. The molecule has 29 heavy (non-hydrogen) atoms. The Hall–Kier alpha value is -2.48. The van der Waals surface area contributed by atoms with E-state index in [1.807, 2.05) is 10.6 Å². The van der Waals surface area contributed by atoms with Crippen LogP contribution in [0.3, 0.4) is 0 Å². The van der Waals surface area contributed by atoms with Gasteiger partial charge in [-0.05, 0) is 32.0 Å². The van der Waals surface area contributed by atoms with Crippen molar-refractivity contribution in [1.82, 2.24) is 34.3 Å². The minimum atomic E-state index is -0.0902. The Bertz CT molecular complexity index is 1020. The zero-order chi connectivity index (χ0) is 20.2. The van der Waals surface area contributed by atoms with Crippen LogP contribution in [0.1, 0.15) is 51.0 Å². The average Bonchev–Trinajstić information content (AvgIpc) is 3.24. The fraction of sp³-hybridized carbons (Fsp3) is 0.619. The Labute approximate surface area is 171 Å². The average molecular weight is 395 g/mol. The molecule has 0 aliphatic carbocycles. The number of imidazole rings is 1. The maximum atomic E-state index is 4.84. The van der Waals surface area contributed by atoms with Crippen molar-refractivity contribution in [3.05, 3.63) is 35.7 Å². The Morgan fingerprint density at radius 2 is 1.97 bits per heavy atom. The van der Waals surface area contributed by atoms with Gasteiger partial charge in [0.1, 0.15) is 11.6 Å². The van der Waals surface area contributed by atoms with E-state index in [4.69, 9.17) is 5.10 Å². The molecule has 0 amide bonds. The van der Waals surface area contributed by atoms with Crippen molar-refractivity contribution < 1.29 is 0 Å². The van der Waals surface area contributed by atoms with Gasteiger partial charge in [0.2, 0.25) is 0 Å². The van der Waals surface area contributed by atoms with Crippen LogP contribution in [0.25, 0.3) is 5.65 Å². The van der Waals surface area contributed by atoms with Crippen LogP contribution in [0.5, 0.6) is 0 Å². The third-order valence-corrected chi connectivity index (χ3v) is 6.19. The van der Waals surface area contributed by atoms with Crippen LogP contribution < -0.4 is 4.90 Å². The number of anilines is 1. The molecule has 0 unspecified atom stereocenters. The molecule has 1 saturated heterocycles. The Kier molecular flexibility index (Phi) is 4.34. The van der Waals surface area contributed by atoms with E-state index in [1.54, 1.807) is 0 Å². The molecule has 0 N–H and O–H groups in total. The van der Waals surface area contributed by atoms with Crippen molar-refractivity contribution in [3.63, 3.8) is 0 Å². The van der Waals surface area contributed by atoms with Crippen LogP contribution in [0.2, 0.25) is 0 Å². The molecule has 3 aromatic heterocycles. The van der Waals surface area contributed by atoms with Gasteiger partial charge in [-0.1, -0.05) is 20.8 Å². The van der Waals surface area contributed by atoms with Gasteiger partial charge >= 0.3 is 0 Å². The molecule has 0 saturated carbocycles. The number of aromatic nitrogens is 6. The van der Waals surface area contributed by atoms with E-state index in [0.717, 1.165) is 49.9 Å². The summed E-state index contributed by atoms with van der Waals surface area (Å²) in [5.74, 6) is 3.15. The molecular formula is C21H30N8. The van der Waals surface area contributed by atoms with Crippen LogP contribution in [0.15, 0.2) is 18.3 Å². The molecule has 0 radical (unpaired) electrons. The van der Waals surface area contributed by atoms with E-state index in [9.17, 15) is 0 Å². The molecule has 5 heterocycles. The molecular weight excluding hydrogens is 364 g/mol. The highest BCUT2D eigenvalue weighted by molar-refractivity contribution is 5.48. The van der Waals surface area contributed by atoms with E-state index in [1.165, 1.54) is 24.4 Å². The maximum Gasteiger partial charge on any atom is 0.178 e. The first-order valence-electron chi connectivity index (χ1n) is 10.6. The van der Waals surface area contributed by atoms with Gasteiger partial charge in [-0.3, -0.25) is 4.90 Å². The van der Waals surface area contributed by atoms with E-state index >= 15 is 0 Å². The highest BCUT2D eigenvalue weighted by atomic mass is 15.4. The summed E-state index contributed by atoms with van der Waals surface area (Å²) in [7, 11) is 2.22. The summed E-state index contributed by atoms with van der Waals surface area (Å²) in [6, 6.07) is 4.60. The first-order chi connectivity index (χ1) is 13.9. The molecule has 0 spiro atoms. The van der Waals surface area contributed by atoms with Crippen molar-refractivity contribution in [3.8, 4) is 0 Å². The predicted octanol–water partition coefficient (Wildman–Crippen LogP) is 2.28. The third-order valence-electron chi connectivity index (χ3n) is 6.19. The van der Waals surface area contributed by atoms with Gasteiger partial charge in [0.05, 0.1) is 5.69 Å². The Balaban J connectivity index is 1.26. The van der Waals surface area contributed by atoms with E-state index in [0.29, 0.717) is 6.04 Å². The molecule has 2 aliphatic rings. The SMILES string of the molecule is CN(Cc1cnc2n1CCCC2)C1CN(c2ccc3nnc(C(C)(C)C)n3n2)C1. The number of fused-ring (bicyclic) bond motifs is 2. The summed E-state index contributed by atoms with van der Waals surface area (Å²) < 4.78 is 4.32. The van der Waals surface area contributed by atoms with Crippen molar-refractivity contribution >= 4 is 11.5 Å². The van der Waals surface area contributed by atoms with Gasteiger partial charge in [-0.2, -0.15) is 4.52 Å². The van der Waals surface area contributed by atoms with Gasteiger partial charge in [0.15, 0.2) is 11.5 Å². The number of hydrogen-bond donors (Lipinski definition) is 0. The fourth-order valence-corrected chi connectivity index (χ4v) is 4.33. The van der Waals surface area contributed by atoms with Crippen LogP contribution >= 0.6 is 0 Å². The summed E-state index contributed by atoms with van der Waals surface area (Å²) in [4.78, 5) is 9.41. The van der Waals surface area contributed by atoms with Crippen LogP contribution in [-0.4, -0.2) is 60.4 Å². The predicted molar refractivity (Wildman–Crippen MR) is 112 cm³/mol. The Morgan fingerprint density at radius 3 is 2.76 bits per heavy atom. The summed E-state index contributed by atoms with van der Waals surface area (Å²) in [5.41, 5.74) is 2.06. The molecule has 0 aromatic carbocycles. The first kappa shape index (κ1) is 18.5. The molecule has 0 atom stereocenters. The molecule has 2 aliphatic heterocycles. The lowest BCUT2D eigenvalue weighted by Crippen LogP contribution is -2.58. The maximum absolute atomic E-state index is 4.84. The number of rotatable bonds is 4. The molecule has 154 valence electrons. The zero-order valence-corrected chi connectivity index (χ0v) is 17.8. The second-order valence-electron chi connectivity index (χ2n) is 9.48. The smallest absolute Gasteiger partial charge is 0.178 e. The minimum absolute atomic E-state index is 0.0902. The van der Waals surface area contributed by atoms with Gasteiger partial charge in [-0.25, -0.2) is 4.98 Å². The largest absolute Gasteiger partial charge is 0.352 e. The highest BCUT2D eigenvalue weighted by Gasteiger charge is 2.32.